The highest BCUT2D eigenvalue weighted by atomic mass is 16.7. The molecule has 1 N–H and O–H groups in total. The Balaban J connectivity index is 1.19. The number of amides is 1. The fraction of sp³-hybridized carbons (Fsp3) is 0.179. The van der Waals surface area contributed by atoms with Crippen molar-refractivity contribution in [1.29, 1.82) is 0 Å². The van der Waals surface area contributed by atoms with E-state index in [9.17, 15) is 9.59 Å². The van der Waals surface area contributed by atoms with Gasteiger partial charge in [0, 0.05) is 11.9 Å². The molecular weight excluding hydrogens is 460 g/mol. The van der Waals surface area contributed by atoms with Crippen LogP contribution in [0, 0.1) is 0 Å². The summed E-state index contributed by atoms with van der Waals surface area (Å²) in [6.45, 7) is 0.0834. The zero-order valence-electron chi connectivity index (χ0n) is 19.3. The number of furan rings is 1. The number of hydrogen-bond acceptors (Lipinski definition) is 7. The summed E-state index contributed by atoms with van der Waals surface area (Å²) >= 11 is 0. The van der Waals surface area contributed by atoms with Gasteiger partial charge in [-0.3, -0.25) is 4.79 Å². The van der Waals surface area contributed by atoms with Crippen molar-refractivity contribution < 1.29 is 28.2 Å². The standard InChI is InChI=1S/C28H22N2O6/c31-25(29-14-17-7-10-23-24(12-17)36-16-35-23)15-34-28(32)26-20-5-1-2-6-22(20)30-27-18(8-9-21(26)27)13-19-4-3-11-33-19/h1-7,10-13H,8-9,14-16H2,(H,29,31)/b18-13-. The minimum atomic E-state index is -0.540. The highest BCUT2D eigenvalue weighted by Crippen LogP contribution is 2.38. The maximum atomic E-state index is 13.3. The van der Waals surface area contributed by atoms with Crippen LogP contribution >= 0.6 is 0 Å². The van der Waals surface area contributed by atoms with Crippen molar-refractivity contribution in [1.82, 2.24) is 10.3 Å². The molecule has 0 saturated heterocycles. The molecule has 180 valence electrons. The van der Waals surface area contributed by atoms with Crippen LogP contribution in [-0.4, -0.2) is 30.3 Å². The highest BCUT2D eigenvalue weighted by Gasteiger charge is 2.28. The number of ether oxygens (including phenoxy) is 3. The number of nitrogens with one attached hydrogen (secondary N) is 1. The van der Waals surface area contributed by atoms with E-state index in [1.54, 1.807) is 12.3 Å². The summed E-state index contributed by atoms with van der Waals surface area (Å²) in [5, 5.41) is 3.48. The smallest absolute Gasteiger partial charge is 0.339 e. The van der Waals surface area contributed by atoms with Crippen molar-refractivity contribution in [2.75, 3.05) is 13.4 Å². The average molecular weight is 482 g/mol. The molecule has 6 rings (SSSR count). The van der Waals surface area contributed by atoms with Crippen LogP contribution in [0.5, 0.6) is 11.5 Å². The van der Waals surface area contributed by atoms with Gasteiger partial charge in [-0.1, -0.05) is 24.3 Å². The number of carbonyl (C=O) groups is 2. The average Bonchev–Trinajstić information content (AvgIpc) is 3.66. The number of allylic oxidation sites excluding steroid dienone is 1. The van der Waals surface area contributed by atoms with Gasteiger partial charge in [0.1, 0.15) is 5.76 Å². The number of esters is 1. The van der Waals surface area contributed by atoms with Gasteiger partial charge in [0.2, 0.25) is 6.79 Å². The Morgan fingerprint density at radius 2 is 1.92 bits per heavy atom. The molecule has 1 amide bonds. The second-order valence-electron chi connectivity index (χ2n) is 8.56. The second-order valence-corrected chi connectivity index (χ2v) is 8.56. The normalized spacial score (nSPS) is 14.7. The number of benzene rings is 2. The Morgan fingerprint density at radius 1 is 1.03 bits per heavy atom. The zero-order chi connectivity index (χ0) is 24.5. The molecule has 0 unspecified atom stereocenters. The van der Waals surface area contributed by atoms with E-state index in [0.717, 1.165) is 34.6 Å². The maximum Gasteiger partial charge on any atom is 0.339 e. The van der Waals surface area contributed by atoms with E-state index in [0.29, 0.717) is 34.4 Å². The van der Waals surface area contributed by atoms with Gasteiger partial charge < -0.3 is 23.9 Å². The van der Waals surface area contributed by atoms with Gasteiger partial charge in [0.15, 0.2) is 18.1 Å². The molecule has 36 heavy (non-hydrogen) atoms. The first-order valence-electron chi connectivity index (χ1n) is 11.6. The number of hydrogen-bond donors (Lipinski definition) is 1. The minimum Gasteiger partial charge on any atom is -0.465 e. The highest BCUT2D eigenvalue weighted by molar-refractivity contribution is 6.07. The van der Waals surface area contributed by atoms with Gasteiger partial charge in [-0.05, 0) is 65.9 Å². The third-order valence-electron chi connectivity index (χ3n) is 6.27. The first-order valence-corrected chi connectivity index (χ1v) is 11.6. The van der Waals surface area contributed by atoms with Crippen LogP contribution in [0.1, 0.15) is 39.4 Å². The number of rotatable bonds is 6. The van der Waals surface area contributed by atoms with E-state index in [-0.39, 0.29) is 19.9 Å². The molecule has 3 heterocycles. The number of fused-ring (bicyclic) bond motifs is 3. The SMILES string of the molecule is O=C(COC(=O)c1c2c(nc3ccccc13)/C(=C\c1ccco1)CC2)NCc1ccc2c(c1)OCO2. The summed E-state index contributed by atoms with van der Waals surface area (Å²) in [5.74, 6) is 1.12. The van der Waals surface area contributed by atoms with E-state index < -0.39 is 11.9 Å². The van der Waals surface area contributed by atoms with Crippen LogP contribution in [0.4, 0.5) is 0 Å². The van der Waals surface area contributed by atoms with Crippen molar-refractivity contribution in [2.24, 2.45) is 0 Å². The molecule has 0 saturated carbocycles. The molecule has 4 aromatic rings. The molecule has 2 aliphatic rings. The summed E-state index contributed by atoms with van der Waals surface area (Å²) in [6, 6.07) is 16.6. The van der Waals surface area contributed by atoms with Crippen molar-refractivity contribution in [3.8, 4) is 11.5 Å². The molecular formula is C28H22N2O6. The number of nitrogens with zero attached hydrogens (tertiary/aromatic N) is 1. The second kappa shape index (κ2) is 9.22. The van der Waals surface area contributed by atoms with Gasteiger partial charge in [0.25, 0.3) is 5.91 Å². The molecule has 0 radical (unpaired) electrons. The van der Waals surface area contributed by atoms with E-state index in [1.165, 1.54) is 0 Å². The Labute approximate surface area is 206 Å². The largest absolute Gasteiger partial charge is 0.465 e. The number of aromatic nitrogens is 1. The lowest BCUT2D eigenvalue weighted by Crippen LogP contribution is -2.28. The quantitative estimate of drug-likeness (QED) is 0.404. The lowest BCUT2D eigenvalue weighted by Gasteiger charge is -2.12. The van der Waals surface area contributed by atoms with Crippen LogP contribution < -0.4 is 14.8 Å². The zero-order valence-corrected chi connectivity index (χ0v) is 19.3. The number of pyridine rings is 1. The summed E-state index contributed by atoms with van der Waals surface area (Å²) in [7, 11) is 0. The Bertz CT molecular complexity index is 1510. The van der Waals surface area contributed by atoms with Gasteiger partial charge >= 0.3 is 5.97 Å². The lowest BCUT2D eigenvalue weighted by molar-refractivity contribution is -0.124. The molecule has 2 aromatic heterocycles. The summed E-state index contributed by atoms with van der Waals surface area (Å²) < 4.78 is 21.6. The molecule has 1 aliphatic heterocycles. The van der Waals surface area contributed by atoms with E-state index in [2.05, 4.69) is 5.32 Å². The maximum absolute atomic E-state index is 13.3. The van der Waals surface area contributed by atoms with Crippen molar-refractivity contribution in [3.63, 3.8) is 0 Å². The van der Waals surface area contributed by atoms with Crippen LogP contribution in [0.25, 0.3) is 22.6 Å². The Morgan fingerprint density at radius 3 is 2.81 bits per heavy atom. The summed E-state index contributed by atoms with van der Waals surface area (Å²) in [6.07, 6.45) is 4.96. The van der Waals surface area contributed by atoms with Gasteiger partial charge in [0.05, 0.1) is 23.0 Å². The Hall–Kier alpha value is -4.59. The van der Waals surface area contributed by atoms with Crippen molar-refractivity contribution >= 4 is 34.4 Å². The van der Waals surface area contributed by atoms with Gasteiger partial charge in [-0.25, -0.2) is 9.78 Å². The first-order chi connectivity index (χ1) is 17.7. The summed E-state index contributed by atoms with van der Waals surface area (Å²) in [5.41, 5.74) is 4.61. The van der Waals surface area contributed by atoms with E-state index in [1.807, 2.05) is 54.6 Å². The fourth-order valence-corrected chi connectivity index (χ4v) is 4.56. The van der Waals surface area contributed by atoms with Crippen molar-refractivity contribution in [2.45, 2.75) is 19.4 Å². The monoisotopic (exact) mass is 482 g/mol. The molecule has 1 aliphatic carbocycles. The van der Waals surface area contributed by atoms with Crippen LogP contribution in [0.2, 0.25) is 0 Å². The van der Waals surface area contributed by atoms with Crippen LogP contribution in [-0.2, 0) is 22.5 Å². The fourth-order valence-electron chi connectivity index (χ4n) is 4.56. The summed E-state index contributed by atoms with van der Waals surface area (Å²) in [4.78, 5) is 30.5. The number of para-hydroxylation sites is 1. The molecule has 0 atom stereocenters. The minimum absolute atomic E-state index is 0.189. The molecule has 0 fully saturated rings. The van der Waals surface area contributed by atoms with Gasteiger partial charge in [-0.15, -0.1) is 0 Å². The van der Waals surface area contributed by atoms with Crippen LogP contribution in [0.15, 0.2) is 65.3 Å². The lowest BCUT2D eigenvalue weighted by atomic mass is 10.0. The molecule has 8 heteroatoms. The van der Waals surface area contributed by atoms with E-state index >= 15 is 0 Å². The van der Waals surface area contributed by atoms with E-state index in [4.69, 9.17) is 23.6 Å². The predicted molar refractivity (Wildman–Crippen MR) is 131 cm³/mol. The first kappa shape index (κ1) is 21.9. The molecule has 2 aromatic carbocycles. The molecule has 8 nitrogen and oxygen atoms in total. The van der Waals surface area contributed by atoms with Crippen LogP contribution in [0.3, 0.4) is 0 Å². The topological polar surface area (TPSA) is 99.9 Å². The van der Waals surface area contributed by atoms with Gasteiger partial charge in [-0.2, -0.15) is 0 Å². The third-order valence-corrected chi connectivity index (χ3v) is 6.27. The molecule has 0 spiro atoms. The predicted octanol–water partition coefficient (Wildman–Crippen LogP) is 4.52. The third kappa shape index (κ3) is 4.17. The Kier molecular flexibility index (Phi) is 5.61. The molecule has 0 bridgehead atoms. The van der Waals surface area contributed by atoms with Crippen molar-refractivity contribution in [3.05, 3.63) is 89.0 Å². The number of carbonyl (C=O) groups excluding carboxylic acids is 2.